The first kappa shape index (κ1) is 19.9. The monoisotopic (exact) mass is 409 g/mol. The maximum absolute atomic E-state index is 12.9. The molecule has 2 aromatic rings. The van der Waals surface area contributed by atoms with Crippen molar-refractivity contribution in [2.75, 3.05) is 6.61 Å². The number of hydrogen-bond donors (Lipinski definition) is 2. The van der Waals surface area contributed by atoms with Gasteiger partial charge in [-0.05, 0) is 35.2 Å². The minimum Gasteiger partial charge on any atom is -0.507 e. The van der Waals surface area contributed by atoms with E-state index in [0.717, 1.165) is 0 Å². The fourth-order valence-electron chi connectivity index (χ4n) is 3.82. The summed E-state index contributed by atoms with van der Waals surface area (Å²) in [5.41, 5.74) is 9.07. The Morgan fingerprint density at radius 3 is 2.70 bits per heavy atom. The average Bonchev–Trinajstić information content (AvgIpc) is 2.72. The molecule has 1 fully saturated rings. The molecule has 0 aromatic heterocycles. The number of phenols is 2. The molecule has 4 rings (SSSR count). The van der Waals surface area contributed by atoms with Gasteiger partial charge in [-0.3, -0.25) is 9.59 Å². The molecule has 0 radical (unpaired) electrons. The number of phenolic OH excluding ortho intramolecular Hbond substituents is 2. The number of ether oxygens (including phenoxy) is 2. The van der Waals surface area contributed by atoms with E-state index in [1.165, 1.54) is 30.3 Å². The maximum atomic E-state index is 12.9. The maximum Gasteiger partial charge on any atom is 0.201 e. The predicted octanol–water partition coefficient (Wildman–Crippen LogP) is 3.45. The Labute approximate surface area is 171 Å². The van der Waals surface area contributed by atoms with Crippen LogP contribution in [0, 0.1) is 5.92 Å². The van der Waals surface area contributed by atoms with Crippen LogP contribution in [0.5, 0.6) is 11.5 Å². The van der Waals surface area contributed by atoms with E-state index < -0.39 is 17.9 Å². The van der Waals surface area contributed by atoms with Crippen molar-refractivity contribution < 1.29 is 29.3 Å². The molecule has 9 heteroatoms. The van der Waals surface area contributed by atoms with Gasteiger partial charge in [0.2, 0.25) is 5.78 Å². The SMILES string of the molecule is C[C@H]1CO[C@H](OCc2cc(O)c3c(c2)C(=O)c2cccc(O)c2C3=O)C[C@H]1N=[N+]=[N-]. The molecule has 9 nitrogen and oxygen atoms in total. The van der Waals surface area contributed by atoms with E-state index in [0.29, 0.717) is 18.6 Å². The van der Waals surface area contributed by atoms with Gasteiger partial charge in [0.25, 0.3) is 0 Å². The van der Waals surface area contributed by atoms with Crippen LogP contribution in [-0.2, 0) is 16.1 Å². The highest BCUT2D eigenvalue weighted by Gasteiger charge is 2.34. The van der Waals surface area contributed by atoms with Crippen molar-refractivity contribution in [3.63, 3.8) is 0 Å². The van der Waals surface area contributed by atoms with Gasteiger partial charge in [-0.15, -0.1) is 0 Å². The Hall–Kier alpha value is -3.39. The Bertz CT molecular complexity index is 1090. The van der Waals surface area contributed by atoms with Crippen molar-refractivity contribution in [3.8, 4) is 11.5 Å². The molecule has 2 aromatic carbocycles. The summed E-state index contributed by atoms with van der Waals surface area (Å²) in [7, 11) is 0. The molecule has 0 saturated carbocycles. The predicted molar refractivity (Wildman–Crippen MR) is 104 cm³/mol. The van der Waals surface area contributed by atoms with Crippen LogP contribution in [0.15, 0.2) is 35.4 Å². The Morgan fingerprint density at radius 1 is 1.17 bits per heavy atom. The minimum absolute atomic E-state index is 0.0250. The molecule has 1 aliphatic heterocycles. The lowest BCUT2D eigenvalue weighted by atomic mass is 9.82. The average molecular weight is 409 g/mol. The first-order valence-electron chi connectivity index (χ1n) is 9.45. The summed E-state index contributed by atoms with van der Waals surface area (Å²) in [6.07, 6.45) is -0.198. The van der Waals surface area contributed by atoms with Crippen LogP contribution in [0.1, 0.15) is 50.8 Å². The molecule has 0 spiro atoms. The van der Waals surface area contributed by atoms with Gasteiger partial charge >= 0.3 is 0 Å². The molecular formula is C21H19N3O6. The van der Waals surface area contributed by atoms with Crippen molar-refractivity contribution in [2.24, 2.45) is 11.0 Å². The van der Waals surface area contributed by atoms with E-state index in [4.69, 9.17) is 15.0 Å². The molecule has 0 amide bonds. The summed E-state index contributed by atoms with van der Waals surface area (Å²) in [4.78, 5) is 28.5. The molecule has 2 N–H and O–H groups in total. The number of rotatable bonds is 4. The fraction of sp³-hybridized carbons (Fsp3) is 0.333. The summed E-state index contributed by atoms with van der Waals surface area (Å²) >= 11 is 0. The zero-order chi connectivity index (χ0) is 21.4. The summed E-state index contributed by atoms with van der Waals surface area (Å²) in [6.45, 7) is 2.34. The molecular weight excluding hydrogens is 390 g/mol. The second-order valence-corrected chi connectivity index (χ2v) is 7.45. The third-order valence-corrected chi connectivity index (χ3v) is 5.43. The molecule has 1 heterocycles. The van der Waals surface area contributed by atoms with Crippen LogP contribution in [0.4, 0.5) is 0 Å². The summed E-state index contributed by atoms with van der Waals surface area (Å²) < 4.78 is 11.4. The summed E-state index contributed by atoms with van der Waals surface area (Å²) in [6, 6.07) is 6.88. The smallest absolute Gasteiger partial charge is 0.201 e. The second-order valence-electron chi connectivity index (χ2n) is 7.45. The third kappa shape index (κ3) is 3.39. The van der Waals surface area contributed by atoms with Crippen molar-refractivity contribution in [1.29, 1.82) is 0 Å². The highest BCUT2D eigenvalue weighted by Crippen LogP contribution is 2.37. The molecule has 1 aliphatic carbocycles. The summed E-state index contributed by atoms with van der Waals surface area (Å²) in [5.74, 6) is -1.65. The number of nitrogens with zero attached hydrogens (tertiary/aromatic N) is 3. The molecule has 1 saturated heterocycles. The Balaban J connectivity index is 1.57. The van der Waals surface area contributed by atoms with Gasteiger partial charge in [0, 0.05) is 28.5 Å². The molecule has 0 bridgehead atoms. The zero-order valence-electron chi connectivity index (χ0n) is 16.1. The highest BCUT2D eigenvalue weighted by molar-refractivity contribution is 6.30. The van der Waals surface area contributed by atoms with E-state index in [1.807, 2.05) is 6.92 Å². The van der Waals surface area contributed by atoms with E-state index in [9.17, 15) is 19.8 Å². The van der Waals surface area contributed by atoms with Gasteiger partial charge < -0.3 is 19.7 Å². The van der Waals surface area contributed by atoms with Crippen molar-refractivity contribution in [2.45, 2.75) is 32.3 Å². The molecule has 30 heavy (non-hydrogen) atoms. The van der Waals surface area contributed by atoms with Gasteiger partial charge in [0.15, 0.2) is 12.1 Å². The van der Waals surface area contributed by atoms with Gasteiger partial charge in [-0.25, -0.2) is 0 Å². The normalized spacial score (nSPS) is 22.8. The molecule has 3 atom stereocenters. The van der Waals surface area contributed by atoms with Crippen LogP contribution >= 0.6 is 0 Å². The number of benzene rings is 2. The first-order chi connectivity index (χ1) is 14.4. The second kappa shape index (κ2) is 7.79. The zero-order valence-corrected chi connectivity index (χ0v) is 16.1. The lowest BCUT2D eigenvalue weighted by Crippen LogP contribution is -2.36. The van der Waals surface area contributed by atoms with Crippen LogP contribution in [0.2, 0.25) is 0 Å². The topological polar surface area (TPSA) is 142 Å². The molecule has 154 valence electrons. The van der Waals surface area contributed by atoms with Crippen LogP contribution in [0.25, 0.3) is 10.4 Å². The largest absolute Gasteiger partial charge is 0.507 e. The van der Waals surface area contributed by atoms with E-state index in [-0.39, 0.29) is 52.3 Å². The summed E-state index contributed by atoms with van der Waals surface area (Å²) in [5, 5.41) is 24.2. The number of fused-ring (bicyclic) bond motifs is 2. The number of aromatic hydroxyl groups is 2. The lowest BCUT2D eigenvalue weighted by molar-refractivity contribution is -0.183. The fourth-order valence-corrected chi connectivity index (χ4v) is 3.82. The quantitative estimate of drug-likeness (QED) is 0.384. The number of hydrogen-bond acceptors (Lipinski definition) is 7. The lowest BCUT2D eigenvalue weighted by Gasteiger charge is -2.31. The first-order valence-corrected chi connectivity index (χ1v) is 9.45. The highest BCUT2D eigenvalue weighted by atomic mass is 16.7. The van der Waals surface area contributed by atoms with Crippen molar-refractivity contribution in [3.05, 3.63) is 68.6 Å². The van der Waals surface area contributed by atoms with E-state index in [2.05, 4.69) is 10.0 Å². The minimum atomic E-state index is -0.607. The molecule has 0 unspecified atom stereocenters. The Kier molecular flexibility index (Phi) is 5.17. The van der Waals surface area contributed by atoms with Gasteiger partial charge in [-0.2, -0.15) is 0 Å². The third-order valence-electron chi connectivity index (χ3n) is 5.43. The number of ketones is 2. The number of carbonyl (C=O) groups is 2. The van der Waals surface area contributed by atoms with Gasteiger partial charge in [0.1, 0.15) is 11.5 Å². The van der Waals surface area contributed by atoms with Gasteiger partial charge in [0.05, 0.1) is 24.3 Å². The van der Waals surface area contributed by atoms with Crippen molar-refractivity contribution in [1.82, 2.24) is 0 Å². The van der Waals surface area contributed by atoms with Crippen LogP contribution < -0.4 is 0 Å². The number of azide groups is 1. The van der Waals surface area contributed by atoms with Crippen molar-refractivity contribution >= 4 is 11.6 Å². The van der Waals surface area contributed by atoms with Crippen LogP contribution in [-0.4, -0.2) is 40.7 Å². The van der Waals surface area contributed by atoms with Crippen LogP contribution in [0.3, 0.4) is 0 Å². The van der Waals surface area contributed by atoms with E-state index >= 15 is 0 Å². The van der Waals surface area contributed by atoms with E-state index in [1.54, 1.807) is 0 Å². The van der Waals surface area contributed by atoms with Gasteiger partial charge in [-0.1, -0.05) is 24.2 Å². The molecule has 2 aliphatic rings. The Morgan fingerprint density at radius 2 is 1.93 bits per heavy atom. The number of carbonyl (C=O) groups excluding carboxylic acids is 2. The standard InChI is InChI=1S/C21H19N3O6/c1-10-8-29-17(7-14(10)23-24-22)30-9-11-5-13-19(16(26)6-11)21(28)18-12(20(13)27)3-2-4-15(18)25/h2-6,10,14,17,25-26H,7-9H2,1H3/t10-,14+,17+/m0/s1.